The average Bonchev–Trinajstić information content (AvgIpc) is 2.07. The van der Waals surface area contributed by atoms with E-state index >= 15 is 0 Å². The predicted molar refractivity (Wildman–Crippen MR) is 63.8 cm³/mol. The van der Waals surface area contributed by atoms with Gasteiger partial charge in [0.15, 0.2) is 0 Å². The molecule has 0 fully saturated rings. The molecule has 3 N–H and O–H groups in total. The molecule has 0 bridgehead atoms. The van der Waals surface area contributed by atoms with Gasteiger partial charge < -0.3 is 10.8 Å². The van der Waals surface area contributed by atoms with E-state index in [1.807, 2.05) is 32.0 Å². The van der Waals surface area contributed by atoms with E-state index in [0.717, 1.165) is 10.0 Å². The van der Waals surface area contributed by atoms with Gasteiger partial charge in [0, 0.05) is 15.6 Å². The Bertz CT molecular complexity index is 388. The number of carboxylic acid groups (broad SMARTS) is 1. The van der Waals surface area contributed by atoms with Gasteiger partial charge in [-0.15, -0.1) is 0 Å². The van der Waals surface area contributed by atoms with E-state index in [1.165, 1.54) is 0 Å². The average molecular weight is 272 g/mol. The zero-order valence-corrected chi connectivity index (χ0v) is 10.3. The first-order valence-electron chi connectivity index (χ1n) is 4.60. The van der Waals surface area contributed by atoms with Crippen LogP contribution in [0.1, 0.15) is 25.8 Å². The number of hydrogen-bond donors (Lipinski definition) is 2. The van der Waals surface area contributed by atoms with Gasteiger partial charge in [-0.25, -0.2) is 0 Å². The summed E-state index contributed by atoms with van der Waals surface area (Å²) in [5, 5.41) is 8.79. The highest BCUT2D eigenvalue weighted by molar-refractivity contribution is 9.10. The molecule has 0 radical (unpaired) electrons. The molecular formula is C11H14BrNO2. The van der Waals surface area contributed by atoms with Crippen molar-refractivity contribution in [3.63, 3.8) is 0 Å². The van der Waals surface area contributed by atoms with E-state index in [9.17, 15) is 4.79 Å². The lowest BCUT2D eigenvalue weighted by Crippen LogP contribution is -2.21. The van der Waals surface area contributed by atoms with Crippen LogP contribution in [-0.4, -0.2) is 11.1 Å². The molecule has 1 rings (SSSR count). The van der Waals surface area contributed by atoms with Gasteiger partial charge in [-0.3, -0.25) is 4.79 Å². The van der Waals surface area contributed by atoms with Gasteiger partial charge in [0.25, 0.3) is 0 Å². The summed E-state index contributed by atoms with van der Waals surface area (Å²) in [7, 11) is 0. The number of nitrogens with two attached hydrogens (primary N) is 1. The van der Waals surface area contributed by atoms with Crippen LogP contribution in [0, 0.1) is 0 Å². The summed E-state index contributed by atoms with van der Waals surface area (Å²) in [6, 6.07) is 5.55. The predicted octanol–water partition coefficient (Wildman–Crippen LogP) is 2.78. The Morgan fingerprint density at radius 2 is 2.13 bits per heavy atom. The SMILES string of the molecule is CC(C)(CC(=O)O)c1ccc(Br)c(N)c1. The van der Waals surface area contributed by atoms with E-state index in [0.29, 0.717) is 5.69 Å². The highest BCUT2D eigenvalue weighted by Crippen LogP contribution is 2.31. The summed E-state index contributed by atoms with van der Waals surface area (Å²) >= 11 is 3.31. The van der Waals surface area contributed by atoms with E-state index in [2.05, 4.69) is 15.9 Å². The highest BCUT2D eigenvalue weighted by Gasteiger charge is 2.24. The zero-order chi connectivity index (χ0) is 11.6. The van der Waals surface area contributed by atoms with Crippen LogP contribution in [0.25, 0.3) is 0 Å². The fraction of sp³-hybridized carbons (Fsp3) is 0.364. The third kappa shape index (κ3) is 2.96. The van der Waals surface area contributed by atoms with Crippen LogP contribution < -0.4 is 5.73 Å². The molecule has 0 saturated carbocycles. The zero-order valence-electron chi connectivity index (χ0n) is 8.75. The van der Waals surface area contributed by atoms with Crippen molar-refractivity contribution < 1.29 is 9.90 Å². The fourth-order valence-electron chi connectivity index (χ4n) is 1.44. The third-order valence-corrected chi connectivity index (χ3v) is 3.09. The highest BCUT2D eigenvalue weighted by atomic mass is 79.9. The molecule has 0 heterocycles. The molecule has 1 aromatic carbocycles. The van der Waals surface area contributed by atoms with Crippen LogP contribution >= 0.6 is 15.9 Å². The Morgan fingerprint density at radius 1 is 1.53 bits per heavy atom. The lowest BCUT2D eigenvalue weighted by molar-refractivity contribution is -0.138. The Kier molecular flexibility index (Phi) is 3.39. The number of aliphatic carboxylic acids is 1. The number of hydrogen-bond acceptors (Lipinski definition) is 2. The van der Waals surface area contributed by atoms with Crippen LogP contribution in [0.4, 0.5) is 5.69 Å². The van der Waals surface area contributed by atoms with E-state index in [-0.39, 0.29) is 6.42 Å². The van der Waals surface area contributed by atoms with E-state index in [4.69, 9.17) is 10.8 Å². The van der Waals surface area contributed by atoms with Crippen molar-refractivity contribution in [3.8, 4) is 0 Å². The normalized spacial score (nSPS) is 11.4. The molecule has 0 aliphatic rings. The van der Waals surface area contributed by atoms with Crippen molar-refractivity contribution in [2.45, 2.75) is 25.7 Å². The number of benzene rings is 1. The van der Waals surface area contributed by atoms with Gasteiger partial charge in [-0.05, 0) is 33.6 Å². The number of carbonyl (C=O) groups is 1. The Balaban J connectivity index is 3.04. The van der Waals surface area contributed by atoms with Crippen LogP contribution in [0.5, 0.6) is 0 Å². The van der Waals surface area contributed by atoms with Crippen molar-refractivity contribution in [1.82, 2.24) is 0 Å². The molecule has 0 spiro atoms. The molecule has 0 amide bonds. The summed E-state index contributed by atoms with van der Waals surface area (Å²) in [6.45, 7) is 3.79. The largest absolute Gasteiger partial charge is 0.481 e. The minimum absolute atomic E-state index is 0.0913. The van der Waals surface area contributed by atoms with Gasteiger partial charge in [0.05, 0.1) is 6.42 Å². The second kappa shape index (κ2) is 4.23. The molecule has 0 atom stereocenters. The van der Waals surface area contributed by atoms with E-state index in [1.54, 1.807) is 0 Å². The number of rotatable bonds is 3. The maximum Gasteiger partial charge on any atom is 0.304 e. The van der Waals surface area contributed by atoms with Crippen molar-refractivity contribution in [3.05, 3.63) is 28.2 Å². The second-order valence-electron chi connectivity index (χ2n) is 4.19. The fourth-order valence-corrected chi connectivity index (χ4v) is 1.69. The van der Waals surface area contributed by atoms with Gasteiger partial charge in [-0.1, -0.05) is 19.9 Å². The van der Waals surface area contributed by atoms with Crippen LogP contribution in [0.3, 0.4) is 0 Å². The molecular weight excluding hydrogens is 258 g/mol. The molecule has 3 nitrogen and oxygen atoms in total. The molecule has 4 heteroatoms. The van der Waals surface area contributed by atoms with Crippen molar-refractivity contribution in [2.75, 3.05) is 5.73 Å². The lowest BCUT2D eigenvalue weighted by atomic mass is 9.81. The summed E-state index contributed by atoms with van der Waals surface area (Å²) in [5.41, 5.74) is 6.92. The van der Waals surface area contributed by atoms with Gasteiger partial charge in [0.2, 0.25) is 0 Å². The number of carboxylic acids is 1. The van der Waals surface area contributed by atoms with Crippen LogP contribution in [0.2, 0.25) is 0 Å². The summed E-state index contributed by atoms with van der Waals surface area (Å²) in [5.74, 6) is -0.804. The van der Waals surface area contributed by atoms with Crippen molar-refractivity contribution >= 4 is 27.6 Å². The maximum absolute atomic E-state index is 10.7. The molecule has 0 aliphatic heterocycles. The quantitative estimate of drug-likeness (QED) is 0.831. The minimum Gasteiger partial charge on any atom is -0.481 e. The molecule has 0 aromatic heterocycles. The molecule has 15 heavy (non-hydrogen) atoms. The molecule has 1 aromatic rings. The van der Waals surface area contributed by atoms with Gasteiger partial charge >= 0.3 is 5.97 Å². The first-order valence-corrected chi connectivity index (χ1v) is 5.39. The number of halogens is 1. The Morgan fingerprint density at radius 3 is 2.60 bits per heavy atom. The summed E-state index contributed by atoms with van der Waals surface area (Å²) in [4.78, 5) is 10.7. The first kappa shape index (κ1) is 12.0. The second-order valence-corrected chi connectivity index (χ2v) is 5.05. The number of anilines is 1. The monoisotopic (exact) mass is 271 g/mol. The lowest BCUT2D eigenvalue weighted by Gasteiger charge is -2.23. The number of nitrogen functional groups attached to an aromatic ring is 1. The van der Waals surface area contributed by atoms with Gasteiger partial charge in [0.1, 0.15) is 0 Å². The Hall–Kier alpha value is -1.03. The van der Waals surface area contributed by atoms with Crippen molar-refractivity contribution in [1.29, 1.82) is 0 Å². The third-order valence-electron chi connectivity index (χ3n) is 2.37. The smallest absolute Gasteiger partial charge is 0.304 e. The van der Waals surface area contributed by atoms with Gasteiger partial charge in [-0.2, -0.15) is 0 Å². The van der Waals surface area contributed by atoms with Crippen LogP contribution in [-0.2, 0) is 10.2 Å². The van der Waals surface area contributed by atoms with Crippen LogP contribution in [0.15, 0.2) is 22.7 Å². The summed E-state index contributed by atoms with van der Waals surface area (Å²) in [6.07, 6.45) is 0.0913. The minimum atomic E-state index is -0.804. The standard InChI is InChI=1S/C11H14BrNO2/c1-11(2,6-10(14)15)7-3-4-8(12)9(13)5-7/h3-5H,6,13H2,1-2H3,(H,14,15). The molecule has 0 unspecified atom stereocenters. The topological polar surface area (TPSA) is 63.3 Å². The Labute approximate surface area is 97.4 Å². The van der Waals surface area contributed by atoms with Crippen molar-refractivity contribution in [2.24, 2.45) is 0 Å². The van der Waals surface area contributed by atoms with E-state index < -0.39 is 11.4 Å². The molecule has 82 valence electrons. The maximum atomic E-state index is 10.7. The first-order chi connectivity index (χ1) is 6.83. The molecule has 0 saturated heterocycles. The molecule has 0 aliphatic carbocycles. The summed E-state index contributed by atoms with van der Waals surface area (Å²) < 4.78 is 0.831.